The summed E-state index contributed by atoms with van der Waals surface area (Å²) < 4.78 is 28.0. The number of amides is 1. The lowest BCUT2D eigenvalue weighted by atomic mass is 9.94. The van der Waals surface area contributed by atoms with Crippen molar-refractivity contribution < 1.29 is 18.7 Å². The largest absolute Gasteiger partial charge is 0.508 e. The first kappa shape index (κ1) is 24.7. The van der Waals surface area contributed by atoms with Crippen molar-refractivity contribution in [3.8, 4) is 22.9 Å². The first-order valence-corrected chi connectivity index (χ1v) is 11.9. The summed E-state index contributed by atoms with van der Waals surface area (Å²) in [4.78, 5) is 20.9. The van der Waals surface area contributed by atoms with E-state index in [1.807, 2.05) is 12.1 Å². The van der Waals surface area contributed by atoms with E-state index in [2.05, 4.69) is 21.4 Å². The second-order valence-corrected chi connectivity index (χ2v) is 8.95. The fourth-order valence-electron chi connectivity index (χ4n) is 4.61. The van der Waals surface area contributed by atoms with Crippen LogP contribution in [0.15, 0.2) is 85.2 Å². The predicted octanol–water partition coefficient (Wildman–Crippen LogP) is 5.73. The lowest BCUT2D eigenvalue weighted by molar-refractivity contribution is -0.121. The third-order valence-corrected chi connectivity index (χ3v) is 6.27. The quantitative estimate of drug-likeness (QED) is 0.261. The van der Waals surface area contributed by atoms with Crippen LogP contribution in [-0.2, 0) is 17.6 Å². The summed E-state index contributed by atoms with van der Waals surface area (Å²) >= 11 is 0. The Labute approximate surface area is 217 Å². The SMILES string of the molecule is N#Cc1cccc(-c2cccnc2[C@H](Cc2cc(F)cc(F)c2)NC(=O)Cc2c[nH]c3ccc(O)cc23)c1. The number of rotatable bonds is 7. The van der Waals surface area contributed by atoms with E-state index in [1.54, 1.807) is 54.9 Å². The minimum atomic E-state index is -0.732. The highest BCUT2D eigenvalue weighted by Crippen LogP contribution is 2.30. The van der Waals surface area contributed by atoms with Crippen molar-refractivity contribution in [2.24, 2.45) is 0 Å². The van der Waals surface area contributed by atoms with Crippen LogP contribution in [0.1, 0.15) is 28.4 Å². The number of hydrogen-bond donors (Lipinski definition) is 3. The van der Waals surface area contributed by atoms with Crippen LogP contribution in [0.3, 0.4) is 0 Å². The fraction of sp³-hybridized carbons (Fsp3) is 0.100. The second kappa shape index (κ2) is 10.5. The van der Waals surface area contributed by atoms with Crippen molar-refractivity contribution in [3.63, 3.8) is 0 Å². The van der Waals surface area contributed by atoms with Crippen molar-refractivity contribution in [2.45, 2.75) is 18.9 Å². The molecular formula is C30H22F2N4O2. The molecule has 2 aromatic heterocycles. The number of carbonyl (C=O) groups excluding carboxylic acids is 1. The van der Waals surface area contributed by atoms with E-state index in [9.17, 15) is 23.9 Å². The van der Waals surface area contributed by atoms with Gasteiger partial charge in [-0.2, -0.15) is 5.26 Å². The Morgan fingerprint density at radius 2 is 1.87 bits per heavy atom. The molecule has 6 nitrogen and oxygen atoms in total. The average molecular weight is 509 g/mol. The van der Waals surface area contributed by atoms with Crippen LogP contribution in [0, 0.1) is 23.0 Å². The van der Waals surface area contributed by atoms with E-state index < -0.39 is 17.7 Å². The lowest BCUT2D eigenvalue weighted by Gasteiger charge is -2.22. The number of nitrogens with zero attached hydrogens (tertiary/aromatic N) is 2. The molecule has 0 aliphatic rings. The Kier molecular flexibility index (Phi) is 6.83. The molecule has 0 aliphatic heterocycles. The van der Waals surface area contributed by atoms with Crippen LogP contribution >= 0.6 is 0 Å². The van der Waals surface area contributed by atoms with Crippen LogP contribution < -0.4 is 5.32 Å². The predicted molar refractivity (Wildman–Crippen MR) is 139 cm³/mol. The van der Waals surface area contributed by atoms with Gasteiger partial charge in [0.25, 0.3) is 0 Å². The van der Waals surface area contributed by atoms with E-state index in [0.717, 1.165) is 22.5 Å². The number of phenolic OH excluding ortho intramolecular Hbond substituents is 1. The number of nitrogens with one attached hydrogen (secondary N) is 2. The molecule has 3 aromatic carbocycles. The van der Waals surface area contributed by atoms with Gasteiger partial charge in [-0.15, -0.1) is 0 Å². The Hall–Kier alpha value is -5.03. The number of phenols is 1. The number of pyridine rings is 1. The van der Waals surface area contributed by atoms with E-state index in [0.29, 0.717) is 27.9 Å². The Bertz CT molecular complexity index is 1670. The number of aromatic hydroxyl groups is 1. The number of aromatic amines is 1. The van der Waals surface area contributed by atoms with Gasteiger partial charge in [-0.3, -0.25) is 9.78 Å². The number of H-pyrrole nitrogens is 1. The summed E-state index contributed by atoms with van der Waals surface area (Å²) in [6, 6.07) is 20.1. The third-order valence-electron chi connectivity index (χ3n) is 6.27. The zero-order chi connectivity index (χ0) is 26.6. The number of halogens is 2. The summed E-state index contributed by atoms with van der Waals surface area (Å²) in [6.45, 7) is 0. The second-order valence-electron chi connectivity index (χ2n) is 8.95. The smallest absolute Gasteiger partial charge is 0.225 e. The third kappa shape index (κ3) is 5.37. The standard InChI is InChI=1S/C30H22F2N4O2/c31-22-10-19(11-23(32)14-22)12-28(30-25(5-2-8-34-30)20-4-1-3-18(9-20)16-33)36-29(38)13-21-17-35-27-7-6-24(37)15-26(21)27/h1-11,14-15,17,28,35,37H,12-13H2,(H,36,38)/t28-/m0/s1. The minimum Gasteiger partial charge on any atom is -0.508 e. The van der Waals surface area contributed by atoms with E-state index in [1.165, 1.54) is 12.1 Å². The van der Waals surface area contributed by atoms with Crippen LogP contribution in [0.5, 0.6) is 5.75 Å². The summed E-state index contributed by atoms with van der Waals surface area (Å²) in [5, 5.41) is 22.9. The monoisotopic (exact) mass is 508 g/mol. The van der Waals surface area contributed by atoms with Crippen LogP contribution in [0.25, 0.3) is 22.0 Å². The van der Waals surface area contributed by atoms with Gasteiger partial charge < -0.3 is 15.4 Å². The topological polar surface area (TPSA) is 102 Å². The van der Waals surface area contributed by atoms with Crippen LogP contribution in [-0.4, -0.2) is 21.0 Å². The number of carbonyl (C=O) groups is 1. The van der Waals surface area contributed by atoms with Crippen LogP contribution in [0.2, 0.25) is 0 Å². The molecule has 0 radical (unpaired) electrons. The summed E-state index contributed by atoms with van der Waals surface area (Å²) in [6.07, 6.45) is 3.38. The fourth-order valence-corrected chi connectivity index (χ4v) is 4.61. The molecule has 5 rings (SSSR count). The van der Waals surface area contributed by atoms with Crippen LogP contribution in [0.4, 0.5) is 8.78 Å². The molecule has 0 bridgehead atoms. The number of fused-ring (bicyclic) bond motifs is 1. The molecule has 3 N–H and O–H groups in total. The van der Waals surface area contributed by atoms with Crippen molar-refractivity contribution in [2.75, 3.05) is 0 Å². The van der Waals surface area contributed by atoms with Gasteiger partial charge >= 0.3 is 0 Å². The minimum absolute atomic E-state index is 0.00352. The molecule has 1 atom stereocenters. The van der Waals surface area contributed by atoms with Gasteiger partial charge in [0.15, 0.2) is 0 Å². The maximum absolute atomic E-state index is 14.0. The van der Waals surface area contributed by atoms with Gasteiger partial charge in [0.2, 0.25) is 5.91 Å². The van der Waals surface area contributed by atoms with Gasteiger partial charge in [-0.25, -0.2) is 8.78 Å². The molecular weight excluding hydrogens is 486 g/mol. The summed E-state index contributed by atoms with van der Waals surface area (Å²) in [5.41, 5.74) is 4.19. The highest BCUT2D eigenvalue weighted by Gasteiger charge is 2.22. The van der Waals surface area contributed by atoms with Gasteiger partial charge in [-0.1, -0.05) is 18.2 Å². The Balaban J connectivity index is 1.51. The number of aromatic nitrogens is 2. The van der Waals surface area contributed by atoms with Gasteiger partial charge in [-0.05, 0) is 71.6 Å². The molecule has 8 heteroatoms. The normalized spacial score (nSPS) is 11.7. The molecule has 1 amide bonds. The molecule has 0 saturated heterocycles. The molecule has 0 spiro atoms. The number of hydrogen-bond acceptors (Lipinski definition) is 4. The molecule has 188 valence electrons. The zero-order valence-corrected chi connectivity index (χ0v) is 20.1. The summed E-state index contributed by atoms with van der Waals surface area (Å²) in [5.74, 6) is -1.68. The van der Waals surface area contributed by atoms with E-state index in [-0.39, 0.29) is 24.5 Å². The highest BCUT2D eigenvalue weighted by atomic mass is 19.1. The lowest BCUT2D eigenvalue weighted by Crippen LogP contribution is -2.32. The Morgan fingerprint density at radius 3 is 2.66 bits per heavy atom. The van der Waals surface area contributed by atoms with Gasteiger partial charge in [0.1, 0.15) is 17.4 Å². The van der Waals surface area contributed by atoms with Crippen molar-refractivity contribution >= 4 is 16.8 Å². The average Bonchev–Trinajstić information content (AvgIpc) is 3.29. The number of benzene rings is 3. The molecule has 0 aliphatic carbocycles. The highest BCUT2D eigenvalue weighted by molar-refractivity contribution is 5.90. The maximum Gasteiger partial charge on any atom is 0.225 e. The molecule has 38 heavy (non-hydrogen) atoms. The van der Waals surface area contributed by atoms with Crippen molar-refractivity contribution in [1.82, 2.24) is 15.3 Å². The van der Waals surface area contributed by atoms with Crippen molar-refractivity contribution in [1.29, 1.82) is 5.26 Å². The first-order chi connectivity index (χ1) is 18.4. The maximum atomic E-state index is 14.0. The molecule has 2 heterocycles. The molecule has 0 saturated carbocycles. The van der Waals surface area contributed by atoms with Gasteiger partial charge in [0.05, 0.1) is 29.8 Å². The molecule has 0 fully saturated rings. The Morgan fingerprint density at radius 1 is 1.05 bits per heavy atom. The molecule has 5 aromatic rings. The molecule has 0 unspecified atom stereocenters. The number of nitriles is 1. The van der Waals surface area contributed by atoms with Crippen molar-refractivity contribution in [3.05, 3.63) is 119 Å². The van der Waals surface area contributed by atoms with E-state index in [4.69, 9.17) is 0 Å². The van der Waals surface area contributed by atoms with E-state index >= 15 is 0 Å². The summed E-state index contributed by atoms with van der Waals surface area (Å²) in [7, 11) is 0. The van der Waals surface area contributed by atoms with Gasteiger partial charge in [0, 0.05) is 34.9 Å². The zero-order valence-electron chi connectivity index (χ0n) is 20.1. The first-order valence-electron chi connectivity index (χ1n) is 11.9.